The summed E-state index contributed by atoms with van der Waals surface area (Å²) in [5.41, 5.74) is -0.0855. The van der Waals surface area contributed by atoms with E-state index in [1.54, 1.807) is 11.4 Å². The van der Waals surface area contributed by atoms with E-state index in [4.69, 9.17) is 9.88 Å². The monoisotopic (exact) mass is 556 g/mol. The zero-order chi connectivity index (χ0) is 26.6. The number of carbonyl (C=O) groups excluding carboxylic acids is 1. The highest BCUT2D eigenvalue weighted by Crippen LogP contribution is 2.36. The van der Waals surface area contributed by atoms with Gasteiger partial charge in [0.25, 0.3) is 0 Å². The summed E-state index contributed by atoms with van der Waals surface area (Å²) in [6, 6.07) is 6.44. The van der Waals surface area contributed by atoms with Gasteiger partial charge in [-0.1, -0.05) is 12.1 Å². The number of nitrogens with zero attached hydrogens (tertiary/aromatic N) is 2. The van der Waals surface area contributed by atoms with Crippen molar-refractivity contribution in [1.29, 1.82) is 0 Å². The molecule has 0 radical (unpaired) electrons. The summed E-state index contributed by atoms with van der Waals surface area (Å²) in [6.07, 6.45) is 0.194. The summed E-state index contributed by atoms with van der Waals surface area (Å²) in [5.74, 6) is -0.314. The molecule has 1 aromatic carbocycles. The Kier molecular flexibility index (Phi) is 8.11. The highest BCUT2D eigenvalue weighted by atomic mass is 32.2. The van der Waals surface area contributed by atoms with E-state index in [1.165, 1.54) is 30.7 Å². The van der Waals surface area contributed by atoms with Crippen LogP contribution in [0, 0.1) is 5.92 Å². The summed E-state index contributed by atoms with van der Waals surface area (Å²) in [6.45, 7) is -0.155. The lowest BCUT2D eigenvalue weighted by Crippen LogP contribution is -2.22. The summed E-state index contributed by atoms with van der Waals surface area (Å²) >= 11 is 1.14. The number of carbonyl (C=O) groups is 1. The molecule has 198 valence electrons. The summed E-state index contributed by atoms with van der Waals surface area (Å²) in [4.78, 5) is 21.7. The highest BCUT2D eigenvalue weighted by Gasteiger charge is 2.34. The maximum absolute atomic E-state index is 13.2. The third kappa shape index (κ3) is 7.25. The van der Waals surface area contributed by atoms with Crippen LogP contribution in [0.4, 0.5) is 19.0 Å². The molecule has 1 fully saturated rings. The van der Waals surface area contributed by atoms with E-state index in [-0.39, 0.29) is 42.3 Å². The van der Waals surface area contributed by atoms with Crippen LogP contribution in [-0.2, 0) is 27.3 Å². The van der Waals surface area contributed by atoms with Gasteiger partial charge in [0.15, 0.2) is 0 Å². The van der Waals surface area contributed by atoms with Gasteiger partial charge in [-0.2, -0.15) is 21.6 Å². The average molecular weight is 557 g/mol. The molecule has 2 atom stereocenters. The van der Waals surface area contributed by atoms with Crippen molar-refractivity contribution in [3.05, 3.63) is 69.8 Å². The highest BCUT2D eigenvalue weighted by molar-refractivity contribution is 7.84. The van der Waals surface area contributed by atoms with Crippen molar-refractivity contribution < 1.29 is 35.3 Å². The first-order valence-electron chi connectivity index (χ1n) is 11.1. The fourth-order valence-corrected chi connectivity index (χ4v) is 5.28. The SMILES string of the molecule is NS(=O)(=O)OC[C@@H]1CCC(Nc2ncncc2C(=O)c2cc(COc3ccccc3C(F)(F)F)cs2)C1. The molecule has 3 N–H and O–H groups in total. The van der Waals surface area contributed by atoms with Crippen LogP contribution in [-0.4, -0.2) is 36.8 Å². The topological polar surface area (TPSA) is 134 Å². The van der Waals surface area contributed by atoms with Crippen molar-refractivity contribution in [2.75, 3.05) is 11.9 Å². The van der Waals surface area contributed by atoms with Gasteiger partial charge in [0.2, 0.25) is 5.78 Å². The zero-order valence-corrected chi connectivity index (χ0v) is 20.9. The van der Waals surface area contributed by atoms with E-state index in [9.17, 15) is 26.4 Å². The van der Waals surface area contributed by atoms with Crippen LogP contribution in [0.2, 0.25) is 0 Å². The van der Waals surface area contributed by atoms with Crippen molar-refractivity contribution in [1.82, 2.24) is 9.97 Å². The number of benzene rings is 1. The maximum Gasteiger partial charge on any atom is 0.419 e. The predicted octanol–water partition coefficient (Wildman–Crippen LogP) is 4.17. The standard InChI is InChI=1S/C23H23F3N4O5S2/c24-23(25,26)18-3-1-2-4-19(18)34-10-15-8-20(36-12-15)21(31)17-9-28-13-29-22(17)30-16-6-5-14(7-16)11-35-37(27,32)33/h1-4,8-9,12-14,16H,5-7,10-11H2,(H2,27,32,33)(H,28,29,30)/t14-,16?/m1/s1. The van der Waals surface area contributed by atoms with Gasteiger partial charge in [0, 0.05) is 17.8 Å². The van der Waals surface area contributed by atoms with Crippen molar-refractivity contribution in [3.8, 4) is 5.75 Å². The number of aromatic nitrogens is 2. The fourth-order valence-electron chi connectivity index (χ4n) is 4.04. The Bertz CT molecular complexity index is 1360. The second kappa shape index (κ2) is 11.1. The number of rotatable bonds is 10. The molecule has 2 heterocycles. The molecule has 3 aromatic rings. The van der Waals surface area contributed by atoms with Crippen LogP contribution >= 0.6 is 11.3 Å². The van der Waals surface area contributed by atoms with E-state index >= 15 is 0 Å². The van der Waals surface area contributed by atoms with Gasteiger partial charge >= 0.3 is 16.5 Å². The minimum Gasteiger partial charge on any atom is -0.488 e. The number of hydrogen-bond donors (Lipinski definition) is 2. The third-order valence-corrected chi connectivity index (χ3v) is 7.21. The Hall–Kier alpha value is -3.07. The number of halogens is 3. The average Bonchev–Trinajstić information content (AvgIpc) is 3.50. The predicted molar refractivity (Wildman–Crippen MR) is 129 cm³/mol. The van der Waals surface area contributed by atoms with Crippen LogP contribution in [0.5, 0.6) is 5.75 Å². The molecule has 0 saturated heterocycles. The molecule has 4 rings (SSSR count). The number of thiophene rings is 1. The molecule has 1 aliphatic rings. The second-order valence-corrected chi connectivity index (χ2v) is 10.6. The fraction of sp³-hybridized carbons (Fsp3) is 0.348. The molecule has 1 unspecified atom stereocenters. The molecule has 0 bridgehead atoms. The van der Waals surface area contributed by atoms with E-state index < -0.39 is 22.0 Å². The van der Waals surface area contributed by atoms with Gasteiger partial charge in [-0.05, 0) is 48.8 Å². The first-order valence-corrected chi connectivity index (χ1v) is 13.5. The van der Waals surface area contributed by atoms with Crippen LogP contribution in [0.3, 0.4) is 0 Å². The summed E-state index contributed by atoms with van der Waals surface area (Å²) in [7, 11) is -4.01. The number of ketones is 1. The maximum atomic E-state index is 13.2. The third-order valence-electron chi connectivity index (χ3n) is 5.77. The summed E-state index contributed by atoms with van der Waals surface area (Å²) in [5, 5.41) is 9.75. The number of hydrogen-bond acceptors (Lipinski definition) is 9. The molecule has 0 spiro atoms. The largest absolute Gasteiger partial charge is 0.488 e. The van der Waals surface area contributed by atoms with Crippen molar-refractivity contribution in [2.45, 2.75) is 38.1 Å². The van der Waals surface area contributed by atoms with Crippen LogP contribution in [0.15, 0.2) is 48.2 Å². The minimum absolute atomic E-state index is 0.0138. The number of nitrogens with two attached hydrogens (primary N) is 1. The Morgan fingerprint density at radius 1 is 1.24 bits per heavy atom. The first-order chi connectivity index (χ1) is 17.5. The number of ether oxygens (including phenoxy) is 1. The van der Waals surface area contributed by atoms with E-state index in [0.717, 1.165) is 23.8 Å². The van der Waals surface area contributed by atoms with Crippen molar-refractivity contribution >= 4 is 33.2 Å². The molecular weight excluding hydrogens is 533 g/mol. The lowest BCUT2D eigenvalue weighted by molar-refractivity contribution is -0.139. The minimum atomic E-state index is -4.54. The van der Waals surface area contributed by atoms with Gasteiger partial charge < -0.3 is 10.1 Å². The smallest absolute Gasteiger partial charge is 0.419 e. The molecule has 37 heavy (non-hydrogen) atoms. The van der Waals surface area contributed by atoms with Crippen LogP contribution in [0.1, 0.15) is 45.6 Å². The Morgan fingerprint density at radius 2 is 2.03 bits per heavy atom. The van der Waals surface area contributed by atoms with E-state index in [1.807, 2.05) is 0 Å². The number of alkyl halides is 3. The Morgan fingerprint density at radius 3 is 2.78 bits per heavy atom. The van der Waals surface area contributed by atoms with Crippen molar-refractivity contribution in [2.24, 2.45) is 11.1 Å². The molecule has 2 aromatic heterocycles. The molecule has 0 amide bonds. The zero-order valence-electron chi connectivity index (χ0n) is 19.3. The molecule has 9 nitrogen and oxygen atoms in total. The Balaban J connectivity index is 1.40. The van der Waals surface area contributed by atoms with Crippen molar-refractivity contribution in [3.63, 3.8) is 0 Å². The number of anilines is 1. The van der Waals surface area contributed by atoms with Gasteiger partial charge in [0.1, 0.15) is 24.5 Å². The first kappa shape index (κ1) is 27.0. The van der Waals surface area contributed by atoms with Gasteiger partial charge in [0.05, 0.1) is 22.6 Å². The molecule has 14 heteroatoms. The molecular formula is C23H23F3N4O5S2. The molecule has 1 aliphatic carbocycles. The quantitative estimate of drug-likeness (QED) is 0.356. The van der Waals surface area contributed by atoms with Gasteiger partial charge in [-0.25, -0.2) is 15.1 Å². The Labute approximate surface area is 215 Å². The summed E-state index contributed by atoms with van der Waals surface area (Å²) < 4.78 is 71.7. The second-order valence-electron chi connectivity index (χ2n) is 8.51. The molecule has 1 saturated carbocycles. The van der Waals surface area contributed by atoms with Gasteiger partial charge in [-0.15, -0.1) is 11.3 Å². The van der Waals surface area contributed by atoms with Crippen LogP contribution in [0.25, 0.3) is 0 Å². The van der Waals surface area contributed by atoms with E-state index in [0.29, 0.717) is 29.1 Å². The van der Waals surface area contributed by atoms with E-state index in [2.05, 4.69) is 19.5 Å². The number of para-hydroxylation sites is 1. The lowest BCUT2D eigenvalue weighted by Gasteiger charge is -2.15. The van der Waals surface area contributed by atoms with Gasteiger partial charge in [-0.3, -0.25) is 8.98 Å². The normalized spacial score (nSPS) is 18.1. The van der Waals surface area contributed by atoms with Crippen LogP contribution < -0.4 is 15.2 Å². The lowest BCUT2D eigenvalue weighted by atomic mass is 10.1. The number of nitrogens with one attached hydrogen (secondary N) is 1. The molecule has 0 aliphatic heterocycles.